The summed E-state index contributed by atoms with van der Waals surface area (Å²) in [7, 11) is -2.94. The largest absolute Gasteiger partial charge is 0.352 e. The second kappa shape index (κ2) is 4.64. The number of hydrogen-bond donors (Lipinski definition) is 0. The Morgan fingerprint density at radius 2 is 2.06 bits per heavy atom. The highest BCUT2D eigenvalue weighted by Gasteiger charge is 2.19. The van der Waals surface area contributed by atoms with Gasteiger partial charge in [-0.25, -0.2) is 8.42 Å². The van der Waals surface area contributed by atoms with E-state index in [0.29, 0.717) is 13.0 Å². The van der Waals surface area contributed by atoms with Crippen LogP contribution in [-0.4, -0.2) is 30.3 Å². The Bertz CT molecular complexity index is 528. The Labute approximate surface area is 102 Å². The van der Waals surface area contributed by atoms with Crippen LogP contribution in [0.1, 0.15) is 35.7 Å². The fraction of sp³-hybridized carbons (Fsp3) is 0.583. The van der Waals surface area contributed by atoms with Crippen LogP contribution in [-0.2, 0) is 22.8 Å². The first kappa shape index (κ1) is 12.4. The Kier molecular flexibility index (Phi) is 3.38. The average Bonchev–Trinajstić information content (AvgIpc) is 2.71. The lowest BCUT2D eigenvalue weighted by Gasteiger charge is -2.07. The van der Waals surface area contributed by atoms with E-state index in [1.165, 1.54) is 0 Å². The van der Waals surface area contributed by atoms with Crippen molar-refractivity contribution in [3.63, 3.8) is 0 Å². The number of aromatic nitrogens is 1. The smallest absolute Gasteiger partial charge is 0.164 e. The highest BCUT2D eigenvalue weighted by atomic mass is 32.2. The molecule has 1 heterocycles. The van der Waals surface area contributed by atoms with Crippen molar-refractivity contribution in [2.45, 2.75) is 32.7 Å². The highest BCUT2D eigenvalue weighted by Crippen LogP contribution is 2.21. The zero-order valence-electron chi connectivity index (χ0n) is 9.98. The third kappa shape index (κ3) is 2.77. The van der Waals surface area contributed by atoms with Crippen LogP contribution in [0, 0.1) is 0 Å². The van der Waals surface area contributed by atoms with Gasteiger partial charge in [0, 0.05) is 36.7 Å². The maximum atomic E-state index is 11.6. The summed E-state index contributed by atoms with van der Waals surface area (Å²) in [4.78, 5) is 11.6. The molecule has 0 N–H and O–H groups in total. The van der Waals surface area contributed by atoms with Gasteiger partial charge < -0.3 is 4.57 Å². The lowest BCUT2D eigenvalue weighted by molar-refractivity contribution is 0.0973. The zero-order valence-corrected chi connectivity index (χ0v) is 10.8. The van der Waals surface area contributed by atoms with Crippen molar-refractivity contribution in [1.29, 1.82) is 0 Å². The van der Waals surface area contributed by atoms with Gasteiger partial charge in [0.1, 0.15) is 0 Å². The molecule has 0 atom stereocenters. The summed E-state index contributed by atoms with van der Waals surface area (Å²) in [6, 6.07) is 0. The molecule has 0 aliphatic heterocycles. The van der Waals surface area contributed by atoms with E-state index in [4.69, 9.17) is 0 Å². The number of aryl methyl sites for hydroxylation is 2. The highest BCUT2D eigenvalue weighted by molar-refractivity contribution is 7.91. The van der Waals surface area contributed by atoms with Crippen molar-refractivity contribution in [3.05, 3.63) is 23.5 Å². The van der Waals surface area contributed by atoms with Gasteiger partial charge in [-0.1, -0.05) is 6.92 Å². The Balaban J connectivity index is 2.11. The molecule has 4 nitrogen and oxygen atoms in total. The summed E-state index contributed by atoms with van der Waals surface area (Å²) in [5.41, 5.74) is 1.85. The number of sulfone groups is 1. The van der Waals surface area contributed by atoms with Gasteiger partial charge >= 0.3 is 0 Å². The van der Waals surface area contributed by atoms with Crippen molar-refractivity contribution in [3.8, 4) is 0 Å². The SMILES string of the molecule is CCS(=O)(=O)CCn1cc2c(c1)C(=O)CCC2. The van der Waals surface area contributed by atoms with E-state index in [1.54, 1.807) is 13.1 Å². The number of rotatable bonds is 4. The molecule has 0 amide bonds. The molecule has 1 aromatic heterocycles. The first-order valence-electron chi connectivity index (χ1n) is 5.94. The third-order valence-electron chi connectivity index (χ3n) is 3.21. The summed E-state index contributed by atoms with van der Waals surface area (Å²) in [6.07, 6.45) is 6.15. The van der Waals surface area contributed by atoms with Gasteiger partial charge in [0.2, 0.25) is 0 Å². The molecule has 0 aromatic carbocycles. The lowest BCUT2D eigenvalue weighted by atomic mass is 9.95. The molecule has 0 saturated heterocycles. The molecule has 2 rings (SSSR count). The predicted molar refractivity (Wildman–Crippen MR) is 66.0 cm³/mol. The Morgan fingerprint density at radius 3 is 2.71 bits per heavy atom. The van der Waals surface area contributed by atoms with Crippen LogP contribution >= 0.6 is 0 Å². The van der Waals surface area contributed by atoms with Gasteiger partial charge in [-0.3, -0.25) is 4.79 Å². The number of carbonyl (C=O) groups is 1. The molecular formula is C12H17NO3S. The standard InChI is InChI=1S/C12H17NO3S/c1-2-17(15,16)7-6-13-8-10-4-3-5-12(14)11(10)9-13/h8-9H,2-7H2,1H3. The van der Waals surface area contributed by atoms with E-state index < -0.39 is 9.84 Å². The molecule has 1 aromatic rings. The van der Waals surface area contributed by atoms with E-state index >= 15 is 0 Å². The van der Waals surface area contributed by atoms with Crippen LogP contribution in [0.4, 0.5) is 0 Å². The summed E-state index contributed by atoms with van der Waals surface area (Å²) in [6.45, 7) is 2.09. The molecule has 1 aliphatic rings. The molecule has 0 bridgehead atoms. The van der Waals surface area contributed by atoms with E-state index in [1.807, 2.05) is 10.8 Å². The minimum absolute atomic E-state index is 0.144. The van der Waals surface area contributed by atoms with Crippen LogP contribution in [0.25, 0.3) is 0 Å². The summed E-state index contributed by atoms with van der Waals surface area (Å²) in [5, 5.41) is 0. The summed E-state index contributed by atoms with van der Waals surface area (Å²) < 4.78 is 24.6. The summed E-state index contributed by atoms with van der Waals surface area (Å²) >= 11 is 0. The molecule has 0 radical (unpaired) electrons. The number of fused-ring (bicyclic) bond motifs is 1. The first-order valence-corrected chi connectivity index (χ1v) is 7.76. The number of carbonyl (C=O) groups excluding carboxylic acids is 1. The van der Waals surface area contributed by atoms with Gasteiger partial charge in [-0.2, -0.15) is 0 Å². The van der Waals surface area contributed by atoms with Crippen molar-refractivity contribution in [2.75, 3.05) is 11.5 Å². The minimum Gasteiger partial charge on any atom is -0.352 e. The van der Waals surface area contributed by atoms with Crippen LogP contribution in [0.2, 0.25) is 0 Å². The lowest BCUT2D eigenvalue weighted by Crippen LogP contribution is -2.13. The Hall–Kier alpha value is -1.10. The number of Topliss-reactive ketones (excluding diaryl/α,β-unsaturated/α-hetero) is 1. The molecular weight excluding hydrogens is 238 g/mol. The van der Waals surface area contributed by atoms with Gasteiger partial charge in [0.05, 0.1) is 5.75 Å². The number of hydrogen-bond acceptors (Lipinski definition) is 3. The van der Waals surface area contributed by atoms with Gasteiger partial charge in [0.25, 0.3) is 0 Å². The van der Waals surface area contributed by atoms with Crippen molar-refractivity contribution in [1.82, 2.24) is 4.57 Å². The molecule has 17 heavy (non-hydrogen) atoms. The zero-order chi connectivity index (χ0) is 12.5. The molecule has 5 heteroatoms. The van der Waals surface area contributed by atoms with Gasteiger partial charge in [0.15, 0.2) is 15.6 Å². The maximum Gasteiger partial charge on any atom is 0.164 e. The number of ketones is 1. The van der Waals surface area contributed by atoms with E-state index in [2.05, 4.69) is 0 Å². The number of nitrogens with zero attached hydrogens (tertiary/aromatic N) is 1. The molecule has 1 aliphatic carbocycles. The first-order chi connectivity index (χ1) is 8.02. The molecule has 0 fully saturated rings. The van der Waals surface area contributed by atoms with E-state index in [0.717, 1.165) is 24.0 Å². The summed E-state index contributed by atoms with van der Waals surface area (Å²) in [5.74, 6) is 0.501. The monoisotopic (exact) mass is 255 g/mol. The van der Waals surface area contributed by atoms with Crippen LogP contribution in [0.3, 0.4) is 0 Å². The molecule has 0 unspecified atom stereocenters. The Morgan fingerprint density at radius 1 is 1.29 bits per heavy atom. The second-order valence-corrected chi connectivity index (χ2v) is 6.92. The normalized spacial score (nSPS) is 15.9. The topological polar surface area (TPSA) is 56.1 Å². The quantitative estimate of drug-likeness (QED) is 0.818. The van der Waals surface area contributed by atoms with Crippen molar-refractivity contribution in [2.24, 2.45) is 0 Å². The molecule has 0 saturated carbocycles. The average molecular weight is 255 g/mol. The molecule has 0 spiro atoms. The minimum atomic E-state index is -2.94. The van der Waals surface area contributed by atoms with Crippen LogP contribution in [0.5, 0.6) is 0 Å². The predicted octanol–water partition coefficient (Wildman–Crippen LogP) is 1.44. The van der Waals surface area contributed by atoms with Gasteiger partial charge in [-0.15, -0.1) is 0 Å². The maximum absolute atomic E-state index is 11.6. The van der Waals surface area contributed by atoms with Gasteiger partial charge in [-0.05, 0) is 18.4 Å². The van der Waals surface area contributed by atoms with Crippen LogP contribution in [0.15, 0.2) is 12.4 Å². The van der Waals surface area contributed by atoms with E-state index in [-0.39, 0.29) is 17.3 Å². The van der Waals surface area contributed by atoms with Crippen molar-refractivity contribution >= 4 is 15.6 Å². The van der Waals surface area contributed by atoms with Crippen LogP contribution < -0.4 is 0 Å². The second-order valence-electron chi connectivity index (χ2n) is 4.45. The molecule has 94 valence electrons. The van der Waals surface area contributed by atoms with Crippen molar-refractivity contribution < 1.29 is 13.2 Å². The third-order valence-corrected chi connectivity index (χ3v) is 4.90. The fourth-order valence-electron chi connectivity index (χ4n) is 2.10. The van der Waals surface area contributed by atoms with E-state index in [9.17, 15) is 13.2 Å². The fourth-order valence-corrected chi connectivity index (χ4v) is 2.88.